The van der Waals surface area contributed by atoms with Crippen molar-refractivity contribution in [3.05, 3.63) is 29.3 Å². The SMILES string of the molecule is O=C(O)CCCNC(=O)NC1CCCN(c2ccccc2Cl)C1=O. The monoisotopic (exact) mass is 353 g/mol. The number of nitrogens with one attached hydrogen (secondary N) is 2. The number of para-hydroxylation sites is 1. The van der Waals surface area contributed by atoms with Crippen LogP contribution in [0.2, 0.25) is 5.02 Å². The van der Waals surface area contributed by atoms with E-state index < -0.39 is 18.0 Å². The van der Waals surface area contributed by atoms with Crippen LogP contribution in [0, 0.1) is 0 Å². The number of anilines is 1. The zero-order chi connectivity index (χ0) is 17.5. The smallest absolute Gasteiger partial charge is 0.315 e. The molecule has 3 N–H and O–H groups in total. The lowest BCUT2D eigenvalue weighted by Crippen LogP contribution is -2.54. The Kier molecular flexibility index (Phi) is 6.43. The molecule has 1 atom stereocenters. The molecule has 0 saturated carbocycles. The van der Waals surface area contributed by atoms with Gasteiger partial charge >= 0.3 is 12.0 Å². The van der Waals surface area contributed by atoms with Crippen molar-refractivity contribution in [3.63, 3.8) is 0 Å². The average molecular weight is 354 g/mol. The molecule has 2 rings (SSSR count). The number of hydrogen-bond donors (Lipinski definition) is 3. The van der Waals surface area contributed by atoms with Gasteiger partial charge in [0, 0.05) is 19.5 Å². The van der Waals surface area contributed by atoms with Gasteiger partial charge in [-0.25, -0.2) is 4.79 Å². The molecule has 130 valence electrons. The van der Waals surface area contributed by atoms with Gasteiger partial charge < -0.3 is 20.6 Å². The van der Waals surface area contributed by atoms with E-state index >= 15 is 0 Å². The lowest BCUT2D eigenvalue weighted by Gasteiger charge is -2.33. The quantitative estimate of drug-likeness (QED) is 0.681. The fourth-order valence-electron chi connectivity index (χ4n) is 2.57. The first-order valence-electron chi connectivity index (χ1n) is 7.81. The third kappa shape index (κ3) is 4.86. The second-order valence-electron chi connectivity index (χ2n) is 5.53. The number of aliphatic carboxylic acids is 1. The summed E-state index contributed by atoms with van der Waals surface area (Å²) in [6.45, 7) is 0.800. The maximum Gasteiger partial charge on any atom is 0.315 e. The molecule has 1 saturated heterocycles. The molecule has 1 fully saturated rings. The van der Waals surface area contributed by atoms with Gasteiger partial charge in [-0.1, -0.05) is 23.7 Å². The molecule has 1 aliphatic rings. The first-order valence-corrected chi connectivity index (χ1v) is 8.19. The first kappa shape index (κ1) is 18.1. The van der Waals surface area contributed by atoms with Crippen LogP contribution in [-0.4, -0.2) is 42.1 Å². The number of nitrogens with zero attached hydrogens (tertiary/aromatic N) is 1. The topological polar surface area (TPSA) is 98.7 Å². The van der Waals surface area contributed by atoms with Gasteiger partial charge in [-0.3, -0.25) is 9.59 Å². The van der Waals surface area contributed by atoms with E-state index in [1.165, 1.54) is 0 Å². The van der Waals surface area contributed by atoms with E-state index in [0.29, 0.717) is 30.1 Å². The van der Waals surface area contributed by atoms with Gasteiger partial charge in [0.25, 0.3) is 0 Å². The molecular weight excluding hydrogens is 334 g/mol. The fraction of sp³-hybridized carbons (Fsp3) is 0.438. The zero-order valence-electron chi connectivity index (χ0n) is 13.1. The zero-order valence-corrected chi connectivity index (χ0v) is 13.9. The number of carbonyl (C=O) groups is 3. The Morgan fingerprint density at radius 1 is 1.33 bits per heavy atom. The fourth-order valence-corrected chi connectivity index (χ4v) is 2.81. The van der Waals surface area contributed by atoms with Crippen LogP contribution in [0.5, 0.6) is 0 Å². The summed E-state index contributed by atoms with van der Waals surface area (Å²) in [6, 6.07) is 6.00. The normalized spacial score (nSPS) is 17.5. The van der Waals surface area contributed by atoms with Crippen molar-refractivity contribution in [2.45, 2.75) is 31.7 Å². The van der Waals surface area contributed by atoms with Crippen molar-refractivity contribution >= 4 is 35.2 Å². The number of urea groups is 1. The molecule has 1 unspecified atom stereocenters. The summed E-state index contributed by atoms with van der Waals surface area (Å²) >= 11 is 6.14. The molecular formula is C16H20ClN3O4. The van der Waals surface area contributed by atoms with Crippen molar-refractivity contribution in [3.8, 4) is 0 Å². The van der Waals surface area contributed by atoms with Gasteiger partial charge in [0.2, 0.25) is 5.91 Å². The van der Waals surface area contributed by atoms with Crippen LogP contribution in [0.15, 0.2) is 24.3 Å². The summed E-state index contributed by atoms with van der Waals surface area (Å²) in [7, 11) is 0. The van der Waals surface area contributed by atoms with Crippen molar-refractivity contribution in [1.82, 2.24) is 10.6 Å². The van der Waals surface area contributed by atoms with Gasteiger partial charge in [-0.15, -0.1) is 0 Å². The first-order chi connectivity index (χ1) is 11.5. The van der Waals surface area contributed by atoms with Gasteiger partial charge in [-0.05, 0) is 31.4 Å². The van der Waals surface area contributed by atoms with Crippen LogP contribution in [-0.2, 0) is 9.59 Å². The summed E-state index contributed by atoms with van der Waals surface area (Å²) in [6.07, 6.45) is 1.64. The maximum atomic E-state index is 12.6. The van der Waals surface area contributed by atoms with E-state index in [4.69, 9.17) is 16.7 Å². The molecule has 7 nitrogen and oxygen atoms in total. The van der Waals surface area contributed by atoms with E-state index in [9.17, 15) is 14.4 Å². The van der Waals surface area contributed by atoms with Gasteiger partial charge in [0.15, 0.2) is 0 Å². The lowest BCUT2D eigenvalue weighted by molar-refractivity contribution is -0.137. The van der Waals surface area contributed by atoms with Crippen molar-refractivity contribution in [2.24, 2.45) is 0 Å². The number of piperidine rings is 1. The van der Waals surface area contributed by atoms with Crippen molar-refractivity contribution < 1.29 is 19.5 Å². The summed E-state index contributed by atoms with van der Waals surface area (Å²) in [5.74, 6) is -1.11. The Morgan fingerprint density at radius 2 is 2.08 bits per heavy atom. The minimum absolute atomic E-state index is 0.0110. The third-order valence-corrected chi connectivity index (χ3v) is 4.06. The molecule has 0 radical (unpaired) electrons. The van der Waals surface area contributed by atoms with Gasteiger partial charge in [0.1, 0.15) is 6.04 Å². The maximum absolute atomic E-state index is 12.6. The van der Waals surface area contributed by atoms with Gasteiger partial charge in [-0.2, -0.15) is 0 Å². The molecule has 1 aliphatic heterocycles. The van der Waals surface area contributed by atoms with Crippen LogP contribution in [0.4, 0.5) is 10.5 Å². The standard InChI is InChI=1S/C16H20ClN3O4/c17-11-5-1-2-7-13(11)20-10-4-6-12(15(20)23)19-16(24)18-9-3-8-14(21)22/h1-2,5,7,12H,3-4,6,8-10H2,(H,21,22)(H2,18,19,24). The predicted molar refractivity (Wildman–Crippen MR) is 90.2 cm³/mol. The highest BCUT2D eigenvalue weighted by molar-refractivity contribution is 6.33. The number of rotatable bonds is 6. The molecule has 1 heterocycles. The van der Waals surface area contributed by atoms with E-state index in [1.54, 1.807) is 29.2 Å². The summed E-state index contributed by atoms with van der Waals surface area (Å²) in [4.78, 5) is 36.4. The van der Waals surface area contributed by atoms with Crippen LogP contribution in [0.1, 0.15) is 25.7 Å². The molecule has 24 heavy (non-hydrogen) atoms. The number of carboxylic acids is 1. The highest BCUT2D eigenvalue weighted by atomic mass is 35.5. The van der Waals surface area contributed by atoms with Crippen LogP contribution in [0.25, 0.3) is 0 Å². The van der Waals surface area contributed by atoms with Gasteiger partial charge in [0.05, 0.1) is 10.7 Å². The number of carbonyl (C=O) groups excluding carboxylic acids is 2. The van der Waals surface area contributed by atoms with Crippen LogP contribution >= 0.6 is 11.6 Å². The number of benzene rings is 1. The van der Waals surface area contributed by atoms with E-state index in [0.717, 1.165) is 6.42 Å². The number of amides is 3. The van der Waals surface area contributed by atoms with E-state index in [-0.39, 0.29) is 18.9 Å². The second-order valence-corrected chi connectivity index (χ2v) is 5.94. The Labute approximate surface area is 145 Å². The largest absolute Gasteiger partial charge is 0.481 e. The Hall–Kier alpha value is -2.28. The van der Waals surface area contributed by atoms with Crippen LogP contribution in [0.3, 0.4) is 0 Å². The van der Waals surface area contributed by atoms with E-state index in [2.05, 4.69) is 10.6 Å². The van der Waals surface area contributed by atoms with Crippen LogP contribution < -0.4 is 15.5 Å². The van der Waals surface area contributed by atoms with Crippen molar-refractivity contribution in [2.75, 3.05) is 18.0 Å². The predicted octanol–water partition coefficient (Wildman–Crippen LogP) is 2.00. The summed E-state index contributed by atoms with van der Waals surface area (Å²) < 4.78 is 0. The molecule has 1 aromatic rings. The third-order valence-electron chi connectivity index (χ3n) is 3.74. The van der Waals surface area contributed by atoms with Crippen molar-refractivity contribution in [1.29, 1.82) is 0 Å². The number of halogens is 1. The second kappa shape index (κ2) is 8.54. The average Bonchev–Trinajstić information content (AvgIpc) is 2.54. The highest BCUT2D eigenvalue weighted by Gasteiger charge is 2.31. The summed E-state index contributed by atoms with van der Waals surface area (Å²) in [5, 5.41) is 14.2. The Morgan fingerprint density at radius 3 is 2.79 bits per heavy atom. The number of carboxylic acid groups (broad SMARTS) is 1. The molecule has 0 aromatic heterocycles. The molecule has 1 aromatic carbocycles. The molecule has 0 aliphatic carbocycles. The van der Waals surface area contributed by atoms with E-state index in [1.807, 2.05) is 0 Å². The Bertz CT molecular complexity index is 623. The molecule has 3 amide bonds. The Balaban J connectivity index is 1.89. The highest BCUT2D eigenvalue weighted by Crippen LogP contribution is 2.28. The molecule has 8 heteroatoms. The molecule has 0 spiro atoms. The summed E-state index contributed by atoms with van der Waals surface area (Å²) in [5.41, 5.74) is 0.637. The molecule has 0 bridgehead atoms. The minimum Gasteiger partial charge on any atom is -0.481 e. The number of hydrogen-bond acceptors (Lipinski definition) is 3. The lowest BCUT2D eigenvalue weighted by atomic mass is 10.0. The minimum atomic E-state index is -0.907.